The van der Waals surface area contributed by atoms with Gasteiger partial charge in [0.2, 0.25) is 47.1 Å². The average molecular weight is 1640 g/mol. The third kappa shape index (κ3) is 22.3. The number of phenols is 1. The van der Waals surface area contributed by atoms with Crippen LogP contribution in [0.25, 0.3) is 10.9 Å². The fraction of sp³-hybridized carbons (Fsp3) is 0.597. The number of aliphatic hydroxyl groups is 13. The number of aromatic nitrogens is 1. The summed E-state index contributed by atoms with van der Waals surface area (Å²) in [5, 5.41) is 174. The van der Waals surface area contributed by atoms with E-state index >= 15 is 19.2 Å². The lowest BCUT2D eigenvalue weighted by molar-refractivity contribution is -0.383. The Hall–Kier alpha value is -6.08. The summed E-state index contributed by atoms with van der Waals surface area (Å²) in [5.41, 5.74) is 7.90. The third-order valence-electron chi connectivity index (χ3n) is 18.5. The number of H-pyrrole nitrogens is 1. The molecule has 25 N–H and O–H groups in total. The lowest BCUT2D eigenvalue weighted by Crippen LogP contribution is -2.69. The summed E-state index contributed by atoms with van der Waals surface area (Å²) in [6, 6.07) is 7.17. The second-order valence-electron chi connectivity index (χ2n) is 26.4. The number of fused-ring (bicyclic) bond motifs is 1. The summed E-state index contributed by atoms with van der Waals surface area (Å²) in [6.45, 7) is -1.65. The van der Waals surface area contributed by atoms with Gasteiger partial charge in [-0.3, -0.25) is 33.6 Å². The summed E-state index contributed by atoms with van der Waals surface area (Å²) in [7, 11) is 1.72. The van der Waals surface area contributed by atoms with Gasteiger partial charge in [-0.05, 0) is 104 Å². The second-order valence-corrected chi connectivity index (χ2v) is 30.1. The van der Waals surface area contributed by atoms with Crippen LogP contribution in [0.2, 0.25) is 0 Å². The zero-order valence-corrected chi connectivity index (χ0v) is 61.4. The van der Waals surface area contributed by atoms with Crippen molar-refractivity contribution < 1.29 is 129 Å². The van der Waals surface area contributed by atoms with E-state index in [9.17, 15) is 85.9 Å². The van der Waals surface area contributed by atoms with Crippen LogP contribution in [0.4, 0.5) is 0 Å². The molecule has 106 heavy (non-hydrogen) atoms. The van der Waals surface area contributed by atoms with Crippen LogP contribution in [0.5, 0.6) is 5.75 Å². The highest BCUT2D eigenvalue weighted by molar-refractivity contribution is 14.1. The van der Waals surface area contributed by atoms with Gasteiger partial charge in [-0.25, -0.2) is 0 Å². The fourth-order valence-corrected chi connectivity index (χ4v) is 15.1. The maximum absolute atomic E-state index is 15.4. The number of hydrogen-bond acceptors (Lipinski definition) is 30. The number of para-hydroxylation sites is 1. The van der Waals surface area contributed by atoms with Crippen molar-refractivity contribution in [3.05, 3.63) is 99.3 Å². The highest BCUT2D eigenvalue weighted by Gasteiger charge is 2.55. The molecule has 24 atom stereocenters. The Morgan fingerprint density at radius 1 is 0.708 bits per heavy atom. The van der Waals surface area contributed by atoms with Gasteiger partial charge in [0, 0.05) is 41.4 Å². The second kappa shape index (κ2) is 40.0. The Labute approximate surface area is 629 Å². The molecule has 0 saturated carbocycles. The summed E-state index contributed by atoms with van der Waals surface area (Å²) in [6.07, 6.45) is -26.5. The van der Waals surface area contributed by atoms with Gasteiger partial charge in [0.05, 0.1) is 60.8 Å². The minimum Gasteiger partial charge on any atom is -0.507 e. The normalized spacial score (nSPS) is 32.4. The number of rotatable bonds is 26. The molecular formula is C67H95IN10O26S2. The first kappa shape index (κ1) is 85.5. The van der Waals surface area contributed by atoms with E-state index in [-0.39, 0.29) is 44.4 Å². The molecule has 4 aliphatic heterocycles. The summed E-state index contributed by atoms with van der Waals surface area (Å²) in [5.74, 6) is -10.7. The molecule has 39 heteroatoms. The Balaban J connectivity index is 1.12. The summed E-state index contributed by atoms with van der Waals surface area (Å²) >= 11 is 1.86. The van der Waals surface area contributed by atoms with Crippen LogP contribution in [0.3, 0.4) is 0 Å². The fourth-order valence-electron chi connectivity index (χ4n) is 12.2. The van der Waals surface area contributed by atoms with Crippen molar-refractivity contribution in [2.24, 2.45) is 5.73 Å². The van der Waals surface area contributed by atoms with Gasteiger partial charge < -0.3 is 148 Å². The van der Waals surface area contributed by atoms with Gasteiger partial charge >= 0.3 is 0 Å². The first-order valence-corrected chi connectivity index (χ1v) is 37.9. The summed E-state index contributed by atoms with van der Waals surface area (Å²) in [4.78, 5) is 107. The van der Waals surface area contributed by atoms with Crippen LogP contribution in [0.1, 0.15) is 49.8 Å². The molecule has 4 saturated heterocycles. The number of ether oxygens (including phenoxy) is 5. The molecule has 4 aromatic rings. The molecule has 3 aromatic carbocycles. The van der Waals surface area contributed by atoms with E-state index in [2.05, 4.69) is 47.5 Å². The number of phenolic OH excluding ortho intramolecular Hbond substituents is 1. The van der Waals surface area contributed by atoms with Gasteiger partial charge in [0.1, 0.15) is 109 Å². The highest BCUT2D eigenvalue weighted by Crippen LogP contribution is 2.34. The minimum absolute atomic E-state index is 0.0791. The van der Waals surface area contributed by atoms with E-state index < -0.39 is 232 Å². The van der Waals surface area contributed by atoms with E-state index in [1.54, 1.807) is 60.8 Å². The number of aliphatic hydroxyl groups excluding tert-OH is 12. The van der Waals surface area contributed by atoms with Crippen LogP contribution in [0, 0.1) is 3.57 Å². The molecule has 8 rings (SSSR count). The molecule has 0 spiro atoms. The molecule has 4 aliphatic rings. The van der Waals surface area contributed by atoms with Gasteiger partial charge in [0.25, 0.3) is 0 Å². The smallest absolute Gasteiger partial charge is 0.245 e. The molecule has 0 aliphatic carbocycles. The lowest BCUT2D eigenvalue weighted by atomic mass is 9.94. The van der Waals surface area contributed by atoms with Crippen LogP contribution < -0.4 is 48.3 Å². The van der Waals surface area contributed by atoms with Crippen molar-refractivity contribution in [2.45, 2.75) is 198 Å². The number of hydrogen-bond donors (Lipinski definition) is 24. The molecule has 5 heterocycles. The molecule has 0 unspecified atom stereocenters. The number of carbonyl (C=O) groups excluding carboxylic acids is 7. The SMILES string of the molecule is C[C@@H](O)[C@H](CO)NC(=O)[C@@H]1CSSC[C@H](NC(=O)[C@H](Cc2ccccc2)NC[C@]2(O)OC[C@H](O)[C@@H](O[C@@H]3O[C@@H](CO)[C@@H](O[C@@H]4O[C@@H](CO)[C@@H](O)[C@H](O)[C@@H]4O)[C@H](O)[C@@H]3O)[C@@H]2O)C(=O)N[C@@H](Cc2ccc(O)c([123I])c2)C(=O)N[C@H](Cc2c[nH]c3ccccc23)C(=O)N[C@@H](CCCCN)C(=O)N[C@@H]([C@@H](C)O)C(=O)N1. The van der Waals surface area contributed by atoms with Gasteiger partial charge in [-0.2, -0.15) is 0 Å². The Kier molecular flexibility index (Phi) is 32.3. The number of benzene rings is 3. The van der Waals surface area contributed by atoms with Crippen molar-refractivity contribution in [3.63, 3.8) is 0 Å². The minimum atomic E-state index is -2.82. The third-order valence-corrected chi connectivity index (χ3v) is 21.8. The van der Waals surface area contributed by atoms with E-state index in [0.29, 0.717) is 37.6 Å². The predicted molar refractivity (Wildman–Crippen MR) is 384 cm³/mol. The molecule has 4 fully saturated rings. The quantitative estimate of drug-likeness (QED) is 0.0158. The number of nitrogens with two attached hydrogens (primary N) is 1. The molecule has 0 bridgehead atoms. The topological polar surface area (TPSA) is 587 Å². The molecule has 36 nitrogen and oxygen atoms in total. The van der Waals surface area contributed by atoms with Crippen molar-refractivity contribution >= 4 is 96.4 Å². The van der Waals surface area contributed by atoms with Gasteiger partial charge in [-0.1, -0.05) is 76.2 Å². The van der Waals surface area contributed by atoms with Gasteiger partial charge in [-0.15, -0.1) is 0 Å². The monoisotopic (exact) mass is 1640 g/mol. The first-order chi connectivity index (χ1) is 50.5. The van der Waals surface area contributed by atoms with E-state index in [0.717, 1.165) is 21.6 Å². The van der Waals surface area contributed by atoms with Crippen LogP contribution >= 0.6 is 44.2 Å². The van der Waals surface area contributed by atoms with Crippen LogP contribution in [0.15, 0.2) is 79.0 Å². The Bertz CT molecular complexity index is 3560. The number of halogens is 1. The zero-order valence-electron chi connectivity index (χ0n) is 57.6. The van der Waals surface area contributed by atoms with Crippen molar-refractivity contribution in [1.29, 1.82) is 0 Å². The Morgan fingerprint density at radius 3 is 1.99 bits per heavy atom. The number of unbranched alkanes of at least 4 members (excludes halogenated alkanes) is 1. The number of aromatic amines is 1. The Morgan fingerprint density at radius 2 is 1.33 bits per heavy atom. The van der Waals surface area contributed by atoms with Crippen molar-refractivity contribution in [2.75, 3.05) is 51.0 Å². The maximum Gasteiger partial charge on any atom is 0.245 e. The largest absolute Gasteiger partial charge is 0.507 e. The number of carbonyl (C=O) groups is 7. The standard InChI is InChI=1S/C67H95IN10O26S2/c1-30(82)42(23-79)75-63(97)44-28-106-105-27-43(76-59(93)39(19-32-10-4-3-5-11-32)71-29-67(99)57(91)55(46(85)26-100-67)103-66-54(90)52(88)56(48(25-81)102-66)104-65-53(89)51(87)50(86)47(24-80)101-65)62(96)73-40(20-33-15-16-45(84)36(68)18-33)60(94)74-41(21-34-22-70-37-13-7-6-12-35(34)37)61(95)72-38(14-8-9-17-69)58(92)78-49(31(2)83)64(98)77-44/h3-7,10-13,15-16,18,22,30-31,38-44,46-57,65-66,70-71,79-91,99H,8-9,14,17,19-21,23-29,69H2,1-2H3,(H,72,95)(H,73,96)(H,74,94)(H,75,97)(H,76,93)(H,77,98)(H,78,92)/t30-,31-,38+,39+,40+,41-,42+,43+,44+,46+,47+,48+,49+,50-,51+,52-,53+,54+,55-,56-,57+,65+,66+,67+/m1/s1/i68-4. The first-order valence-electron chi connectivity index (χ1n) is 34.3. The zero-order chi connectivity index (χ0) is 77.3. The molecular weight excluding hydrogens is 1550 g/mol. The maximum atomic E-state index is 15.4. The van der Waals surface area contributed by atoms with Gasteiger partial charge in [0.15, 0.2) is 12.6 Å². The number of nitrogens with one attached hydrogen (secondary N) is 9. The molecule has 0 radical (unpaired) electrons. The lowest BCUT2D eigenvalue weighted by Gasteiger charge is -2.48. The average Bonchev–Trinajstić information content (AvgIpc) is 0.937. The molecule has 588 valence electrons. The molecule has 1 aromatic heterocycles. The number of aromatic hydroxyl groups is 1. The van der Waals surface area contributed by atoms with E-state index in [1.165, 1.54) is 32.0 Å². The predicted octanol–water partition coefficient (Wildman–Crippen LogP) is -7.41. The van der Waals surface area contributed by atoms with Crippen LogP contribution in [-0.4, -0.2) is 315 Å². The summed E-state index contributed by atoms with van der Waals surface area (Å²) < 4.78 is 28.5. The van der Waals surface area contributed by atoms with Crippen molar-refractivity contribution in [1.82, 2.24) is 47.5 Å². The van der Waals surface area contributed by atoms with E-state index in [1.807, 2.05) is 22.6 Å². The van der Waals surface area contributed by atoms with Crippen molar-refractivity contribution in [3.8, 4) is 5.75 Å². The highest BCUT2D eigenvalue weighted by atomic mass is 123. The van der Waals surface area contributed by atoms with E-state index in [4.69, 9.17) is 29.4 Å². The van der Waals surface area contributed by atoms with Crippen LogP contribution in [-0.2, 0) is 76.5 Å². The number of amides is 7. The molecule has 7 amide bonds.